The molecule has 3 rings (SSSR count). The number of aliphatic hydroxyl groups excluding tert-OH is 1. The molecule has 26 heavy (non-hydrogen) atoms. The SMILES string of the molecule is CCOC(=O)c1cccc(CC[C@H](C)[C@H]2CC[C@H]3[C@@H](O)CCC[C@]23C)c1. The minimum Gasteiger partial charge on any atom is -0.462 e. The van der Waals surface area contributed by atoms with E-state index in [0.717, 1.165) is 19.3 Å². The van der Waals surface area contributed by atoms with Gasteiger partial charge < -0.3 is 9.84 Å². The number of rotatable bonds is 6. The minimum absolute atomic E-state index is 0.0905. The summed E-state index contributed by atoms with van der Waals surface area (Å²) in [6.45, 7) is 7.05. The van der Waals surface area contributed by atoms with Gasteiger partial charge in [-0.05, 0) is 86.3 Å². The Morgan fingerprint density at radius 3 is 2.92 bits per heavy atom. The summed E-state index contributed by atoms with van der Waals surface area (Å²) < 4.78 is 5.11. The van der Waals surface area contributed by atoms with Crippen LogP contribution < -0.4 is 0 Å². The molecular weight excluding hydrogens is 324 g/mol. The summed E-state index contributed by atoms with van der Waals surface area (Å²) in [7, 11) is 0. The molecule has 144 valence electrons. The fourth-order valence-corrected chi connectivity index (χ4v) is 5.79. The summed E-state index contributed by atoms with van der Waals surface area (Å²) in [5, 5.41) is 10.4. The number of benzene rings is 1. The molecular formula is C23H34O3. The fourth-order valence-electron chi connectivity index (χ4n) is 5.79. The van der Waals surface area contributed by atoms with E-state index in [0.29, 0.717) is 35.3 Å². The van der Waals surface area contributed by atoms with Crippen LogP contribution in [-0.2, 0) is 11.2 Å². The van der Waals surface area contributed by atoms with E-state index in [9.17, 15) is 9.90 Å². The molecule has 0 aliphatic heterocycles. The van der Waals surface area contributed by atoms with Gasteiger partial charge in [0.25, 0.3) is 0 Å². The van der Waals surface area contributed by atoms with Gasteiger partial charge in [-0.1, -0.05) is 32.4 Å². The van der Waals surface area contributed by atoms with E-state index < -0.39 is 0 Å². The van der Waals surface area contributed by atoms with Crippen LogP contribution in [0.2, 0.25) is 0 Å². The average Bonchev–Trinajstić information content (AvgIpc) is 2.98. The van der Waals surface area contributed by atoms with Crippen molar-refractivity contribution in [1.29, 1.82) is 0 Å². The van der Waals surface area contributed by atoms with Crippen LogP contribution in [0, 0.1) is 23.2 Å². The highest BCUT2D eigenvalue weighted by Crippen LogP contribution is 2.58. The number of fused-ring (bicyclic) bond motifs is 1. The van der Waals surface area contributed by atoms with E-state index in [1.807, 2.05) is 25.1 Å². The molecule has 0 saturated heterocycles. The van der Waals surface area contributed by atoms with Crippen molar-refractivity contribution in [2.45, 2.75) is 71.8 Å². The van der Waals surface area contributed by atoms with Crippen molar-refractivity contribution in [2.75, 3.05) is 6.61 Å². The number of carbonyl (C=O) groups excluding carboxylic acids is 1. The summed E-state index contributed by atoms with van der Waals surface area (Å²) in [4.78, 5) is 11.9. The lowest BCUT2D eigenvalue weighted by Crippen LogP contribution is -2.41. The molecule has 0 aromatic heterocycles. The molecule has 0 heterocycles. The van der Waals surface area contributed by atoms with Gasteiger partial charge in [0.2, 0.25) is 0 Å². The summed E-state index contributed by atoms with van der Waals surface area (Å²) in [6, 6.07) is 7.88. The van der Waals surface area contributed by atoms with Crippen molar-refractivity contribution in [3.63, 3.8) is 0 Å². The van der Waals surface area contributed by atoms with E-state index in [-0.39, 0.29) is 12.1 Å². The zero-order valence-corrected chi connectivity index (χ0v) is 16.5. The molecule has 2 saturated carbocycles. The molecule has 0 bridgehead atoms. The summed E-state index contributed by atoms with van der Waals surface area (Å²) in [6.07, 6.45) is 7.90. The average molecular weight is 359 g/mol. The molecule has 2 aliphatic carbocycles. The van der Waals surface area contributed by atoms with Crippen LogP contribution in [0.25, 0.3) is 0 Å². The maximum atomic E-state index is 11.9. The van der Waals surface area contributed by atoms with Crippen LogP contribution in [0.5, 0.6) is 0 Å². The largest absolute Gasteiger partial charge is 0.462 e. The second kappa shape index (κ2) is 8.12. The third-order valence-electron chi connectivity index (χ3n) is 7.18. The minimum atomic E-state index is -0.232. The first kappa shape index (κ1) is 19.4. The van der Waals surface area contributed by atoms with Crippen LogP contribution in [0.4, 0.5) is 0 Å². The first-order chi connectivity index (χ1) is 12.5. The van der Waals surface area contributed by atoms with E-state index in [2.05, 4.69) is 19.9 Å². The number of aryl methyl sites for hydroxylation is 1. The maximum Gasteiger partial charge on any atom is 0.338 e. The van der Waals surface area contributed by atoms with Crippen molar-refractivity contribution >= 4 is 5.97 Å². The van der Waals surface area contributed by atoms with E-state index in [1.54, 1.807) is 0 Å². The number of ether oxygens (including phenoxy) is 1. The van der Waals surface area contributed by atoms with Crippen molar-refractivity contribution in [3.8, 4) is 0 Å². The fraction of sp³-hybridized carbons (Fsp3) is 0.696. The first-order valence-corrected chi connectivity index (χ1v) is 10.4. The quantitative estimate of drug-likeness (QED) is 0.727. The molecule has 1 aromatic rings. The van der Waals surface area contributed by atoms with Crippen molar-refractivity contribution in [2.24, 2.45) is 23.2 Å². The lowest BCUT2D eigenvalue weighted by atomic mass is 9.61. The normalized spacial score (nSPS) is 32.1. The maximum absolute atomic E-state index is 11.9. The Kier molecular flexibility index (Phi) is 6.06. The molecule has 0 spiro atoms. The number of hydrogen-bond donors (Lipinski definition) is 1. The Morgan fingerprint density at radius 1 is 1.35 bits per heavy atom. The van der Waals surface area contributed by atoms with Gasteiger partial charge >= 0.3 is 5.97 Å². The number of hydrogen-bond acceptors (Lipinski definition) is 3. The lowest BCUT2D eigenvalue weighted by Gasteiger charge is -2.45. The van der Waals surface area contributed by atoms with Crippen molar-refractivity contribution < 1.29 is 14.6 Å². The van der Waals surface area contributed by atoms with Gasteiger partial charge in [0.05, 0.1) is 18.3 Å². The highest BCUT2D eigenvalue weighted by atomic mass is 16.5. The highest BCUT2D eigenvalue weighted by molar-refractivity contribution is 5.89. The second-order valence-electron chi connectivity index (χ2n) is 8.69. The van der Waals surface area contributed by atoms with E-state index in [1.165, 1.54) is 31.2 Å². The van der Waals surface area contributed by atoms with Gasteiger partial charge in [0, 0.05) is 0 Å². The third kappa shape index (κ3) is 3.83. The molecule has 3 heteroatoms. The molecule has 0 radical (unpaired) electrons. The first-order valence-electron chi connectivity index (χ1n) is 10.4. The molecule has 0 unspecified atom stereocenters. The zero-order valence-electron chi connectivity index (χ0n) is 16.5. The molecule has 1 N–H and O–H groups in total. The van der Waals surface area contributed by atoms with Gasteiger partial charge in [-0.2, -0.15) is 0 Å². The highest BCUT2D eigenvalue weighted by Gasteiger charge is 2.51. The van der Waals surface area contributed by atoms with Crippen LogP contribution in [0.1, 0.15) is 75.2 Å². The zero-order chi connectivity index (χ0) is 18.7. The Labute approximate surface area is 158 Å². The molecule has 2 fully saturated rings. The topological polar surface area (TPSA) is 46.5 Å². The monoisotopic (exact) mass is 358 g/mol. The predicted octanol–water partition coefficient (Wildman–Crippen LogP) is 5.01. The van der Waals surface area contributed by atoms with Gasteiger partial charge in [-0.25, -0.2) is 4.79 Å². The number of aliphatic hydroxyl groups is 1. The van der Waals surface area contributed by atoms with E-state index >= 15 is 0 Å². The molecule has 5 atom stereocenters. The second-order valence-corrected chi connectivity index (χ2v) is 8.69. The summed E-state index contributed by atoms with van der Waals surface area (Å²) >= 11 is 0. The van der Waals surface area contributed by atoms with Crippen LogP contribution in [0.3, 0.4) is 0 Å². The van der Waals surface area contributed by atoms with Crippen molar-refractivity contribution in [3.05, 3.63) is 35.4 Å². The number of esters is 1. The third-order valence-corrected chi connectivity index (χ3v) is 7.18. The predicted molar refractivity (Wildman–Crippen MR) is 104 cm³/mol. The molecule has 3 nitrogen and oxygen atoms in total. The molecule has 1 aromatic carbocycles. The Morgan fingerprint density at radius 2 is 2.15 bits per heavy atom. The van der Waals surface area contributed by atoms with Gasteiger partial charge in [-0.3, -0.25) is 0 Å². The summed E-state index contributed by atoms with van der Waals surface area (Å²) in [5.41, 5.74) is 2.18. The number of carbonyl (C=O) groups is 1. The smallest absolute Gasteiger partial charge is 0.338 e. The van der Waals surface area contributed by atoms with Crippen LogP contribution in [-0.4, -0.2) is 23.8 Å². The Hall–Kier alpha value is -1.35. The van der Waals surface area contributed by atoms with Crippen molar-refractivity contribution in [1.82, 2.24) is 0 Å². The summed E-state index contributed by atoms with van der Waals surface area (Å²) in [5.74, 6) is 1.61. The Bertz CT molecular complexity index is 626. The van der Waals surface area contributed by atoms with Crippen LogP contribution in [0.15, 0.2) is 24.3 Å². The lowest BCUT2D eigenvalue weighted by molar-refractivity contribution is -0.0275. The molecule has 0 amide bonds. The van der Waals surface area contributed by atoms with E-state index in [4.69, 9.17) is 4.74 Å². The van der Waals surface area contributed by atoms with Gasteiger partial charge in [-0.15, -0.1) is 0 Å². The van der Waals surface area contributed by atoms with Gasteiger partial charge in [0.1, 0.15) is 0 Å². The van der Waals surface area contributed by atoms with Gasteiger partial charge in [0.15, 0.2) is 0 Å². The molecule has 2 aliphatic rings. The standard InChI is InChI=1S/C23H34O3/c1-4-26-22(25)18-8-5-7-17(15-18)11-10-16(2)19-12-13-20-21(24)9-6-14-23(19,20)3/h5,7-8,15-16,19-21,24H,4,6,9-14H2,1-3H3/t16-,19+,20-,21-,23+/m0/s1. The Balaban J connectivity index is 1.62. The van der Waals surface area contributed by atoms with Crippen LogP contribution >= 0.6 is 0 Å².